The number of anilines is 4. The minimum atomic E-state index is -3.43. The number of nitrogens with one attached hydrogen (secondary N) is 4. The number of nitrogen functional groups attached to an aromatic ring is 2. The van der Waals surface area contributed by atoms with Gasteiger partial charge in [0.1, 0.15) is 0 Å². The van der Waals surface area contributed by atoms with Crippen LogP contribution >= 0.6 is 30.9 Å². The maximum Gasteiger partial charge on any atom is 0.409 e. The summed E-state index contributed by atoms with van der Waals surface area (Å²) in [6, 6.07) is 32.2. The third kappa shape index (κ3) is 12.9. The van der Waals surface area contributed by atoms with Gasteiger partial charge in [-0.2, -0.15) is 0 Å². The topological polar surface area (TPSA) is 222 Å². The second-order valence-corrected chi connectivity index (χ2v) is 17.8. The Bertz CT molecular complexity index is 2440. The zero-order chi connectivity index (χ0) is 47.3. The molecule has 0 unspecified atom stereocenters. The number of nitrogens with two attached hydrogens (primary N) is 2. The molecule has 0 aliphatic heterocycles. The van der Waals surface area contributed by atoms with Crippen LogP contribution < -0.4 is 32.7 Å². The number of carbonyl (C=O) groups is 4. The second-order valence-electron chi connectivity index (χ2n) is 15.0. The molecule has 0 aliphatic rings. The average Bonchev–Trinajstić information content (AvgIpc) is 4.08. The lowest BCUT2D eigenvalue weighted by molar-refractivity contribution is -0.177. The molecule has 15 nitrogen and oxygen atoms in total. The van der Waals surface area contributed by atoms with Crippen LogP contribution in [0.25, 0.3) is 20.9 Å². The van der Waals surface area contributed by atoms with Crippen molar-refractivity contribution in [3.05, 3.63) is 142 Å². The largest absolute Gasteiger partial charge is 0.416 e. The van der Waals surface area contributed by atoms with E-state index in [1.54, 1.807) is 111 Å². The van der Waals surface area contributed by atoms with Crippen molar-refractivity contribution in [3.63, 3.8) is 0 Å². The average molecular weight is 953 g/mol. The molecule has 0 atom stereocenters. The molecule has 2 aromatic heterocycles. The van der Waals surface area contributed by atoms with Crippen LogP contribution in [0.5, 0.6) is 0 Å². The number of thiophene rings is 2. The summed E-state index contributed by atoms with van der Waals surface area (Å²) in [5, 5.41) is 15.0. The van der Waals surface area contributed by atoms with Crippen LogP contribution in [0.4, 0.5) is 32.3 Å². The van der Waals surface area contributed by atoms with E-state index in [9.17, 15) is 23.7 Å². The first-order chi connectivity index (χ1) is 31.8. The Morgan fingerprint density at radius 2 is 0.939 bits per heavy atom. The molecule has 6 rings (SSSR count). The van der Waals surface area contributed by atoms with Crippen LogP contribution in [0, 0.1) is 0 Å². The summed E-state index contributed by atoms with van der Waals surface area (Å²) >= 11 is 3.17. The first kappa shape index (κ1) is 49.0. The van der Waals surface area contributed by atoms with Crippen molar-refractivity contribution in [2.45, 2.75) is 78.0 Å². The van der Waals surface area contributed by atoms with E-state index in [1.165, 1.54) is 0 Å². The summed E-state index contributed by atoms with van der Waals surface area (Å²) in [7, 11) is -3.43. The number of hydrogen-bond acceptors (Lipinski definition) is 13. The minimum absolute atomic E-state index is 0.0596. The Balaban J connectivity index is 0.963. The Morgan fingerprint density at radius 1 is 0.561 bits per heavy atom. The second kappa shape index (κ2) is 22.6. The van der Waals surface area contributed by atoms with E-state index >= 15 is 0 Å². The molecule has 4 aromatic carbocycles. The van der Waals surface area contributed by atoms with Gasteiger partial charge in [-0.05, 0) is 93.7 Å². The normalized spacial score (nSPS) is 11.5. The van der Waals surface area contributed by atoms with Gasteiger partial charge in [0.15, 0.2) is 0 Å². The molecular formula is C48H53N6O9PS2. The van der Waals surface area contributed by atoms with Crippen LogP contribution in [0.2, 0.25) is 0 Å². The van der Waals surface area contributed by atoms with Gasteiger partial charge < -0.3 is 42.2 Å². The first-order valence-corrected chi connectivity index (χ1v) is 24.3. The van der Waals surface area contributed by atoms with Gasteiger partial charge in [0.05, 0.1) is 22.7 Å². The van der Waals surface area contributed by atoms with E-state index in [0.717, 1.165) is 20.9 Å². The van der Waals surface area contributed by atoms with E-state index in [2.05, 4.69) is 21.3 Å². The molecule has 346 valence electrons. The number of carbonyl (C=O) groups excluding carboxylic acids is 4. The van der Waals surface area contributed by atoms with Gasteiger partial charge in [-0.15, -0.1) is 22.7 Å². The number of ether oxygens (including phenoxy) is 2. The van der Waals surface area contributed by atoms with Crippen molar-refractivity contribution in [2.75, 3.05) is 22.1 Å². The molecule has 6 aromatic rings. The monoisotopic (exact) mass is 952 g/mol. The maximum atomic E-state index is 13.5. The van der Waals surface area contributed by atoms with E-state index < -0.39 is 32.0 Å². The molecule has 0 radical (unpaired) electrons. The Labute approximate surface area is 392 Å². The Morgan fingerprint density at radius 3 is 1.27 bits per heavy atom. The third-order valence-electron chi connectivity index (χ3n) is 10.8. The number of hydrogen-bond donors (Lipinski definition) is 6. The van der Waals surface area contributed by atoms with E-state index in [-0.39, 0.29) is 50.6 Å². The highest BCUT2D eigenvalue weighted by Gasteiger charge is 2.39. The standard InChI is InChI=1S/C48H53N6O9PS2/c1-5-47(6-2,60-45(57)51-29-31-13-17-33(18-14-31)43(55)53-39-27-35(21-23-37(39)49)41-11-9-25-65-41)62-64(59)63-48(7-3,8-4)61-46(58)52-30-32-15-19-34(20-16-32)44(56)54-40-28-36(22-24-38(40)50)42-12-10-26-66-42/h9-28,64H,5-8,29-30,49-50H2,1-4H3,(H,51,57)(H,52,58)(H,53,55)(H,54,56). The molecule has 0 saturated carbocycles. The van der Waals surface area contributed by atoms with Crippen molar-refractivity contribution in [2.24, 2.45) is 0 Å². The fourth-order valence-electron chi connectivity index (χ4n) is 6.66. The molecule has 4 amide bonds. The zero-order valence-corrected chi connectivity index (χ0v) is 39.6. The van der Waals surface area contributed by atoms with Crippen molar-refractivity contribution >= 4 is 77.7 Å². The molecule has 18 heteroatoms. The van der Waals surface area contributed by atoms with Gasteiger partial charge in [0.2, 0.25) is 11.6 Å². The minimum Gasteiger partial charge on any atom is -0.416 e. The lowest BCUT2D eigenvalue weighted by Gasteiger charge is -2.34. The first-order valence-electron chi connectivity index (χ1n) is 21.3. The molecule has 0 aliphatic carbocycles. The molecule has 0 saturated heterocycles. The quantitative estimate of drug-likeness (QED) is 0.0240. The summed E-state index contributed by atoms with van der Waals surface area (Å²) in [5.41, 5.74) is 18.2. The van der Waals surface area contributed by atoms with Gasteiger partial charge in [0, 0.05) is 59.7 Å². The summed E-state index contributed by atoms with van der Waals surface area (Å²) in [6.45, 7) is 6.95. The van der Waals surface area contributed by atoms with Gasteiger partial charge in [-0.1, -0.05) is 76.2 Å². The van der Waals surface area contributed by atoms with E-state index in [4.69, 9.17) is 30.0 Å². The van der Waals surface area contributed by atoms with Gasteiger partial charge in [0.25, 0.3) is 11.8 Å². The molecule has 8 N–H and O–H groups in total. The van der Waals surface area contributed by atoms with E-state index in [0.29, 0.717) is 45.0 Å². The zero-order valence-electron chi connectivity index (χ0n) is 36.9. The highest BCUT2D eigenvalue weighted by atomic mass is 32.1. The summed E-state index contributed by atoms with van der Waals surface area (Å²) in [4.78, 5) is 54.4. The van der Waals surface area contributed by atoms with Gasteiger partial charge in [-0.25, -0.2) is 9.59 Å². The van der Waals surface area contributed by atoms with Gasteiger partial charge >= 0.3 is 20.4 Å². The summed E-state index contributed by atoms with van der Waals surface area (Å²) in [5.74, 6) is -3.94. The predicted molar refractivity (Wildman–Crippen MR) is 262 cm³/mol. The van der Waals surface area contributed by atoms with Crippen LogP contribution in [0.1, 0.15) is 85.2 Å². The van der Waals surface area contributed by atoms with Crippen molar-refractivity contribution in [1.82, 2.24) is 10.6 Å². The van der Waals surface area contributed by atoms with E-state index in [1.807, 2.05) is 59.3 Å². The van der Waals surface area contributed by atoms with Crippen LogP contribution in [0.3, 0.4) is 0 Å². The molecule has 0 bridgehead atoms. The number of benzene rings is 4. The highest BCUT2D eigenvalue weighted by Crippen LogP contribution is 2.42. The van der Waals surface area contributed by atoms with Crippen molar-refractivity contribution in [3.8, 4) is 20.9 Å². The van der Waals surface area contributed by atoms with Crippen LogP contribution in [-0.4, -0.2) is 35.6 Å². The smallest absolute Gasteiger partial charge is 0.409 e. The predicted octanol–water partition coefficient (Wildman–Crippen LogP) is 11.4. The molecule has 0 fully saturated rings. The lowest BCUT2D eigenvalue weighted by Crippen LogP contribution is -2.41. The van der Waals surface area contributed by atoms with Crippen molar-refractivity contribution < 1.29 is 42.3 Å². The van der Waals surface area contributed by atoms with Crippen molar-refractivity contribution in [1.29, 1.82) is 0 Å². The summed E-state index contributed by atoms with van der Waals surface area (Å²) < 4.78 is 36.4. The molecule has 2 heterocycles. The fourth-order valence-corrected chi connectivity index (χ4v) is 9.42. The maximum absolute atomic E-state index is 13.5. The van der Waals surface area contributed by atoms with Crippen LogP contribution in [-0.2, 0) is 36.2 Å². The molecular weight excluding hydrogens is 900 g/mol. The molecule has 66 heavy (non-hydrogen) atoms. The van der Waals surface area contributed by atoms with Crippen LogP contribution in [0.15, 0.2) is 120 Å². The highest BCUT2D eigenvalue weighted by molar-refractivity contribution is 7.33. The van der Waals surface area contributed by atoms with Gasteiger partial charge in [-0.3, -0.25) is 23.2 Å². The fraction of sp³-hybridized carbons (Fsp3) is 0.250. The Hall–Kier alpha value is -6.49. The third-order valence-corrected chi connectivity index (χ3v) is 13.7. The Kier molecular flexibility index (Phi) is 16.8. The summed E-state index contributed by atoms with van der Waals surface area (Å²) in [6.07, 6.45) is -1.14. The SMILES string of the molecule is CCC(CC)(OC(=O)NCc1ccc(C(=O)Nc2cc(-c3cccs3)ccc2N)cc1)O[PH](=O)OC(CC)(CC)OC(=O)NCc1ccc(C(=O)Nc2cc(-c3cccs3)ccc2N)cc1. The molecule has 0 spiro atoms. The number of alkyl carbamates (subject to hydrolysis) is 2. The lowest BCUT2D eigenvalue weighted by atomic mass is 10.1. The number of rotatable bonds is 20. The number of amides is 4.